The fourth-order valence-electron chi connectivity index (χ4n) is 1.42. The van der Waals surface area contributed by atoms with E-state index in [9.17, 15) is 13.2 Å². The zero-order chi connectivity index (χ0) is 13.1. The predicted molar refractivity (Wildman–Crippen MR) is 68.7 cm³/mol. The van der Waals surface area contributed by atoms with Gasteiger partial charge in [0.1, 0.15) is 6.29 Å². The predicted octanol–water partition coefficient (Wildman–Crippen LogP) is 2.29. The van der Waals surface area contributed by atoms with Crippen molar-refractivity contribution in [3.8, 4) is 0 Å². The SMILES string of the molecule is CC(C)(C)CS(=O)(=O)Nc1ccc(C=O)cc1. The molecule has 0 aromatic heterocycles. The van der Waals surface area contributed by atoms with Crippen LogP contribution in [0.4, 0.5) is 5.69 Å². The zero-order valence-corrected chi connectivity index (χ0v) is 11.0. The minimum Gasteiger partial charge on any atom is -0.298 e. The maximum atomic E-state index is 11.8. The van der Waals surface area contributed by atoms with Gasteiger partial charge in [-0.15, -0.1) is 0 Å². The molecule has 0 aliphatic rings. The quantitative estimate of drug-likeness (QED) is 0.839. The molecule has 0 amide bonds. The highest BCUT2D eigenvalue weighted by Crippen LogP contribution is 2.18. The third kappa shape index (κ3) is 4.99. The summed E-state index contributed by atoms with van der Waals surface area (Å²) in [6.45, 7) is 5.59. The first kappa shape index (κ1) is 13.7. The summed E-state index contributed by atoms with van der Waals surface area (Å²) in [7, 11) is -3.35. The number of rotatable bonds is 4. The second-order valence-electron chi connectivity index (χ2n) is 5.16. The molecule has 17 heavy (non-hydrogen) atoms. The zero-order valence-electron chi connectivity index (χ0n) is 10.2. The summed E-state index contributed by atoms with van der Waals surface area (Å²) in [5, 5.41) is 0. The Hall–Kier alpha value is -1.36. The smallest absolute Gasteiger partial charge is 0.233 e. The van der Waals surface area contributed by atoms with Crippen molar-refractivity contribution < 1.29 is 13.2 Å². The van der Waals surface area contributed by atoms with Crippen LogP contribution in [-0.4, -0.2) is 20.5 Å². The van der Waals surface area contributed by atoms with Gasteiger partial charge in [-0.2, -0.15) is 0 Å². The van der Waals surface area contributed by atoms with E-state index < -0.39 is 10.0 Å². The van der Waals surface area contributed by atoms with Crippen LogP contribution in [0.2, 0.25) is 0 Å². The van der Waals surface area contributed by atoms with Crippen LogP contribution < -0.4 is 4.72 Å². The third-order valence-corrected chi connectivity index (χ3v) is 3.74. The molecule has 0 fully saturated rings. The lowest BCUT2D eigenvalue weighted by molar-refractivity contribution is 0.112. The molecule has 0 unspecified atom stereocenters. The molecule has 5 heteroatoms. The normalized spacial score (nSPS) is 12.2. The number of anilines is 1. The van der Waals surface area contributed by atoms with Crippen molar-refractivity contribution in [2.75, 3.05) is 10.5 Å². The number of carbonyl (C=O) groups is 1. The molecule has 0 radical (unpaired) electrons. The van der Waals surface area contributed by atoms with Gasteiger partial charge in [0.15, 0.2) is 0 Å². The first-order valence-electron chi connectivity index (χ1n) is 5.28. The van der Waals surface area contributed by atoms with Crippen LogP contribution >= 0.6 is 0 Å². The molecule has 0 aliphatic heterocycles. The highest BCUT2D eigenvalue weighted by molar-refractivity contribution is 7.92. The number of hydrogen-bond acceptors (Lipinski definition) is 3. The topological polar surface area (TPSA) is 63.2 Å². The van der Waals surface area contributed by atoms with Crippen LogP contribution in [0.15, 0.2) is 24.3 Å². The largest absolute Gasteiger partial charge is 0.298 e. The molecule has 0 spiro atoms. The lowest BCUT2D eigenvalue weighted by Crippen LogP contribution is -2.26. The number of nitrogens with one attached hydrogen (secondary N) is 1. The van der Waals surface area contributed by atoms with Gasteiger partial charge in [-0.3, -0.25) is 9.52 Å². The van der Waals surface area contributed by atoms with Crippen molar-refractivity contribution in [1.82, 2.24) is 0 Å². The van der Waals surface area contributed by atoms with E-state index >= 15 is 0 Å². The molecule has 1 aromatic rings. The average Bonchev–Trinajstić information content (AvgIpc) is 2.14. The van der Waals surface area contributed by atoms with Gasteiger partial charge in [0.25, 0.3) is 0 Å². The Bertz CT molecular complexity index is 483. The monoisotopic (exact) mass is 255 g/mol. The van der Waals surface area contributed by atoms with Crippen molar-refractivity contribution in [3.05, 3.63) is 29.8 Å². The van der Waals surface area contributed by atoms with E-state index in [1.54, 1.807) is 24.3 Å². The Labute approximate surface area is 102 Å². The van der Waals surface area contributed by atoms with E-state index in [0.29, 0.717) is 17.5 Å². The second-order valence-corrected chi connectivity index (χ2v) is 6.88. The van der Waals surface area contributed by atoms with Gasteiger partial charge in [-0.05, 0) is 29.7 Å². The van der Waals surface area contributed by atoms with E-state index in [4.69, 9.17) is 0 Å². The van der Waals surface area contributed by atoms with E-state index in [1.165, 1.54) is 0 Å². The number of sulfonamides is 1. The van der Waals surface area contributed by atoms with Crippen LogP contribution in [0.25, 0.3) is 0 Å². The summed E-state index contributed by atoms with van der Waals surface area (Å²) in [6, 6.07) is 6.29. The lowest BCUT2D eigenvalue weighted by Gasteiger charge is -2.18. The molecule has 1 N–H and O–H groups in total. The van der Waals surface area contributed by atoms with Crippen LogP contribution in [0.1, 0.15) is 31.1 Å². The highest BCUT2D eigenvalue weighted by atomic mass is 32.2. The Balaban J connectivity index is 2.80. The summed E-state index contributed by atoms with van der Waals surface area (Å²) in [6.07, 6.45) is 0.716. The fourth-order valence-corrected chi connectivity index (χ4v) is 3.12. The summed E-state index contributed by atoms with van der Waals surface area (Å²) < 4.78 is 26.1. The molecule has 1 aromatic carbocycles. The second kappa shape index (κ2) is 4.87. The fraction of sp³-hybridized carbons (Fsp3) is 0.417. The van der Waals surface area contributed by atoms with Gasteiger partial charge in [-0.1, -0.05) is 20.8 Å². The van der Waals surface area contributed by atoms with Crippen LogP contribution in [0.3, 0.4) is 0 Å². The van der Waals surface area contributed by atoms with Crippen molar-refractivity contribution in [3.63, 3.8) is 0 Å². The Morgan fingerprint density at radius 3 is 2.12 bits per heavy atom. The van der Waals surface area contributed by atoms with Gasteiger partial charge in [0, 0.05) is 11.3 Å². The number of benzene rings is 1. The van der Waals surface area contributed by atoms with Crippen molar-refractivity contribution in [1.29, 1.82) is 0 Å². The summed E-state index contributed by atoms with van der Waals surface area (Å²) >= 11 is 0. The van der Waals surface area contributed by atoms with Gasteiger partial charge in [-0.25, -0.2) is 8.42 Å². The van der Waals surface area contributed by atoms with Gasteiger partial charge in [0.05, 0.1) is 5.75 Å². The number of hydrogen-bond donors (Lipinski definition) is 1. The molecule has 94 valence electrons. The Morgan fingerprint density at radius 1 is 1.18 bits per heavy atom. The molecular weight excluding hydrogens is 238 g/mol. The number of carbonyl (C=O) groups excluding carboxylic acids is 1. The van der Waals surface area contributed by atoms with Crippen molar-refractivity contribution in [2.45, 2.75) is 20.8 Å². The van der Waals surface area contributed by atoms with E-state index in [1.807, 2.05) is 20.8 Å². The Kier molecular flexibility index (Phi) is 3.93. The maximum Gasteiger partial charge on any atom is 0.233 e. The molecule has 0 aliphatic carbocycles. The average molecular weight is 255 g/mol. The van der Waals surface area contributed by atoms with E-state index in [-0.39, 0.29) is 11.2 Å². The Morgan fingerprint density at radius 2 is 1.71 bits per heavy atom. The molecule has 0 heterocycles. The third-order valence-electron chi connectivity index (χ3n) is 1.94. The van der Waals surface area contributed by atoms with Gasteiger partial charge >= 0.3 is 0 Å². The molecular formula is C12H17NO3S. The summed E-state index contributed by atoms with van der Waals surface area (Å²) in [5.74, 6) is 0.0510. The highest BCUT2D eigenvalue weighted by Gasteiger charge is 2.21. The minimum absolute atomic E-state index is 0.0510. The van der Waals surface area contributed by atoms with Crippen molar-refractivity contribution in [2.24, 2.45) is 5.41 Å². The number of aldehydes is 1. The lowest BCUT2D eigenvalue weighted by atomic mass is 10.0. The van der Waals surface area contributed by atoms with Crippen LogP contribution in [0.5, 0.6) is 0 Å². The van der Waals surface area contributed by atoms with Crippen LogP contribution in [0, 0.1) is 5.41 Å². The first-order chi connectivity index (χ1) is 7.72. The summed E-state index contributed by atoms with van der Waals surface area (Å²) in [5.41, 5.74) is 0.692. The van der Waals surface area contributed by atoms with Crippen LogP contribution in [-0.2, 0) is 10.0 Å². The molecule has 0 atom stereocenters. The maximum absolute atomic E-state index is 11.8. The van der Waals surface area contributed by atoms with Gasteiger partial charge in [0.2, 0.25) is 10.0 Å². The van der Waals surface area contributed by atoms with E-state index in [0.717, 1.165) is 0 Å². The standard InChI is InChI=1S/C12H17NO3S/c1-12(2,3)9-17(15,16)13-11-6-4-10(8-14)5-7-11/h4-8,13H,9H2,1-3H3. The summed E-state index contributed by atoms with van der Waals surface area (Å²) in [4.78, 5) is 10.5. The van der Waals surface area contributed by atoms with Gasteiger partial charge < -0.3 is 0 Å². The van der Waals surface area contributed by atoms with Crippen molar-refractivity contribution >= 4 is 22.0 Å². The molecule has 0 saturated carbocycles. The molecule has 4 nitrogen and oxygen atoms in total. The minimum atomic E-state index is -3.35. The molecule has 0 saturated heterocycles. The van der Waals surface area contributed by atoms with E-state index in [2.05, 4.69) is 4.72 Å². The molecule has 1 rings (SSSR count). The first-order valence-corrected chi connectivity index (χ1v) is 6.93. The molecule has 0 bridgehead atoms.